The van der Waals surface area contributed by atoms with Gasteiger partial charge in [0, 0.05) is 18.8 Å². The average Bonchev–Trinajstić information content (AvgIpc) is 2.82. The van der Waals surface area contributed by atoms with Crippen LogP contribution >= 0.6 is 0 Å². The first kappa shape index (κ1) is 14.5. The van der Waals surface area contributed by atoms with Crippen molar-refractivity contribution in [2.24, 2.45) is 5.92 Å². The maximum Gasteiger partial charge on any atom is 0.246 e. The number of sulfonamides is 1. The van der Waals surface area contributed by atoms with Crippen molar-refractivity contribution in [1.82, 2.24) is 14.1 Å². The Balaban J connectivity index is 2.24. The highest BCUT2D eigenvalue weighted by molar-refractivity contribution is 7.89. The molecule has 1 saturated heterocycles. The van der Waals surface area contributed by atoms with Gasteiger partial charge in [0.25, 0.3) is 0 Å². The second-order valence-corrected chi connectivity index (χ2v) is 7.16. The highest BCUT2D eigenvalue weighted by Crippen LogP contribution is 2.27. The van der Waals surface area contributed by atoms with E-state index < -0.39 is 10.0 Å². The third-order valence-electron chi connectivity index (χ3n) is 3.61. The third kappa shape index (κ3) is 2.98. The van der Waals surface area contributed by atoms with Crippen molar-refractivity contribution in [2.75, 3.05) is 13.2 Å². The van der Waals surface area contributed by atoms with Gasteiger partial charge in [0.1, 0.15) is 4.90 Å². The number of aliphatic hydroxyl groups is 1. The van der Waals surface area contributed by atoms with Crippen LogP contribution in [-0.2, 0) is 16.6 Å². The summed E-state index contributed by atoms with van der Waals surface area (Å²) >= 11 is 0. The van der Waals surface area contributed by atoms with Crippen molar-refractivity contribution in [2.45, 2.75) is 44.2 Å². The lowest BCUT2D eigenvalue weighted by Crippen LogP contribution is -2.44. The second kappa shape index (κ2) is 5.60. The molecule has 0 bridgehead atoms. The Morgan fingerprint density at radius 1 is 1.42 bits per heavy atom. The molecular formula is C12H21N3O3S. The van der Waals surface area contributed by atoms with E-state index in [-0.39, 0.29) is 17.5 Å². The lowest BCUT2D eigenvalue weighted by atomic mass is 9.97. The Labute approximate surface area is 114 Å². The molecule has 1 aliphatic heterocycles. The monoisotopic (exact) mass is 287 g/mol. The van der Waals surface area contributed by atoms with E-state index in [2.05, 4.69) is 12.0 Å². The van der Waals surface area contributed by atoms with E-state index in [0.717, 1.165) is 12.8 Å². The minimum atomic E-state index is -3.47. The summed E-state index contributed by atoms with van der Waals surface area (Å²) in [4.78, 5) is 0.210. The molecule has 2 heterocycles. The topological polar surface area (TPSA) is 75.4 Å². The van der Waals surface area contributed by atoms with Gasteiger partial charge >= 0.3 is 0 Å². The lowest BCUT2D eigenvalue weighted by molar-refractivity contribution is 0.218. The zero-order valence-corrected chi connectivity index (χ0v) is 12.2. The molecule has 1 N–H and O–H groups in total. The van der Waals surface area contributed by atoms with Crippen LogP contribution in [0.15, 0.2) is 17.3 Å². The van der Waals surface area contributed by atoms with Crippen LogP contribution in [0.25, 0.3) is 0 Å². The molecule has 2 unspecified atom stereocenters. The Morgan fingerprint density at radius 3 is 2.84 bits per heavy atom. The largest absolute Gasteiger partial charge is 0.394 e. The van der Waals surface area contributed by atoms with Gasteiger partial charge in [-0.15, -0.1) is 0 Å². The summed E-state index contributed by atoms with van der Waals surface area (Å²) in [7, 11) is -3.47. The fourth-order valence-electron chi connectivity index (χ4n) is 2.42. The van der Waals surface area contributed by atoms with Crippen molar-refractivity contribution in [3.8, 4) is 0 Å². The van der Waals surface area contributed by atoms with E-state index in [0.29, 0.717) is 19.0 Å². The normalized spacial score (nSPS) is 25.6. The predicted molar refractivity (Wildman–Crippen MR) is 71.1 cm³/mol. The maximum absolute atomic E-state index is 12.6. The zero-order chi connectivity index (χ0) is 14.0. The molecule has 1 aromatic rings. The van der Waals surface area contributed by atoms with Crippen LogP contribution in [0, 0.1) is 5.92 Å². The molecule has 7 heteroatoms. The van der Waals surface area contributed by atoms with Crippen molar-refractivity contribution < 1.29 is 13.5 Å². The maximum atomic E-state index is 12.6. The van der Waals surface area contributed by atoms with E-state index in [1.54, 1.807) is 4.31 Å². The summed E-state index contributed by atoms with van der Waals surface area (Å²) in [6.45, 7) is 4.83. The van der Waals surface area contributed by atoms with E-state index in [1.165, 1.54) is 17.1 Å². The Morgan fingerprint density at radius 2 is 2.16 bits per heavy atom. The van der Waals surface area contributed by atoms with E-state index in [4.69, 9.17) is 5.11 Å². The summed E-state index contributed by atoms with van der Waals surface area (Å²) in [5.74, 6) is 0.387. The van der Waals surface area contributed by atoms with Crippen molar-refractivity contribution in [1.29, 1.82) is 0 Å². The van der Waals surface area contributed by atoms with Gasteiger partial charge in [0.15, 0.2) is 0 Å². The Kier molecular flexibility index (Phi) is 4.27. The van der Waals surface area contributed by atoms with Gasteiger partial charge in [-0.2, -0.15) is 9.40 Å². The number of hydrogen-bond donors (Lipinski definition) is 1. The molecular weight excluding hydrogens is 266 g/mol. The van der Waals surface area contributed by atoms with Crippen LogP contribution in [-0.4, -0.2) is 46.8 Å². The summed E-state index contributed by atoms with van der Waals surface area (Å²) in [6.07, 6.45) is 4.80. The summed E-state index contributed by atoms with van der Waals surface area (Å²) in [5.41, 5.74) is 0. The number of hydrogen-bond acceptors (Lipinski definition) is 4. The highest BCUT2D eigenvalue weighted by Gasteiger charge is 2.34. The molecule has 0 aliphatic carbocycles. The minimum absolute atomic E-state index is 0.0300. The fraction of sp³-hybridized carbons (Fsp3) is 0.750. The second-order valence-electron chi connectivity index (χ2n) is 5.27. The van der Waals surface area contributed by atoms with Crippen molar-refractivity contribution in [3.63, 3.8) is 0 Å². The molecule has 0 spiro atoms. The molecule has 6 nitrogen and oxygen atoms in total. The first-order valence-electron chi connectivity index (χ1n) is 6.60. The van der Waals surface area contributed by atoms with Gasteiger partial charge in [0.2, 0.25) is 10.0 Å². The first-order valence-corrected chi connectivity index (χ1v) is 8.04. The van der Waals surface area contributed by atoms with E-state index in [1.807, 2.05) is 6.92 Å². The van der Waals surface area contributed by atoms with Crippen LogP contribution in [0.2, 0.25) is 0 Å². The Hall–Kier alpha value is -0.920. The molecule has 108 valence electrons. The minimum Gasteiger partial charge on any atom is -0.394 e. The van der Waals surface area contributed by atoms with E-state index in [9.17, 15) is 8.42 Å². The molecule has 0 saturated carbocycles. The van der Waals surface area contributed by atoms with Gasteiger partial charge in [-0.05, 0) is 25.7 Å². The van der Waals surface area contributed by atoms with Gasteiger partial charge in [0.05, 0.1) is 19.3 Å². The summed E-state index contributed by atoms with van der Waals surface area (Å²) in [5, 5.41) is 12.8. The van der Waals surface area contributed by atoms with Crippen LogP contribution in [0.3, 0.4) is 0 Å². The molecule has 1 fully saturated rings. The molecule has 2 atom stereocenters. The average molecular weight is 287 g/mol. The van der Waals surface area contributed by atoms with Crippen LogP contribution in [0.4, 0.5) is 0 Å². The van der Waals surface area contributed by atoms with E-state index >= 15 is 0 Å². The van der Waals surface area contributed by atoms with Gasteiger partial charge < -0.3 is 5.11 Å². The standard InChI is InChI=1S/C12H21N3O3S/c1-10-3-4-11(2)15(8-10)19(17,18)12-7-13-14(9-12)5-6-16/h7,9-11,16H,3-6,8H2,1-2H3. The summed E-state index contributed by atoms with van der Waals surface area (Å²) in [6, 6.07) is 0.0300. The molecule has 0 amide bonds. The smallest absolute Gasteiger partial charge is 0.246 e. The number of piperidine rings is 1. The highest BCUT2D eigenvalue weighted by atomic mass is 32.2. The molecule has 1 aliphatic rings. The van der Waals surface area contributed by atoms with Gasteiger partial charge in [-0.1, -0.05) is 6.92 Å². The SMILES string of the molecule is CC1CCC(C)N(S(=O)(=O)c2cnn(CCO)c2)C1. The summed E-state index contributed by atoms with van der Waals surface area (Å²) < 4.78 is 28.2. The molecule has 1 aromatic heterocycles. The van der Waals surface area contributed by atoms with Gasteiger partial charge in [-0.25, -0.2) is 8.42 Å². The molecule has 2 rings (SSSR count). The quantitative estimate of drug-likeness (QED) is 0.884. The van der Waals surface area contributed by atoms with Crippen molar-refractivity contribution >= 4 is 10.0 Å². The molecule has 0 aromatic carbocycles. The van der Waals surface area contributed by atoms with Crippen LogP contribution in [0.1, 0.15) is 26.7 Å². The number of nitrogens with zero attached hydrogens (tertiary/aromatic N) is 3. The number of rotatable bonds is 4. The fourth-order valence-corrected chi connectivity index (χ4v) is 4.16. The number of aliphatic hydroxyl groups excluding tert-OH is 1. The molecule has 19 heavy (non-hydrogen) atoms. The molecule has 0 radical (unpaired) electrons. The Bertz CT molecular complexity index is 526. The van der Waals surface area contributed by atoms with Crippen molar-refractivity contribution in [3.05, 3.63) is 12.4 Å². The predicted octanol–water partition coefficient (Wildman–Crippen LogP) is 0.685. The lowest BCUT2D eigenvalue weighted by Gasteiger charge is -2.35. The van der Waals surface area contributed by atoms with Crippen LogP contribution in [0.5, 0.6) is 0 Å². The third-order valence-corrected chi connectivity index (χ3v) is 5.54. The van der Waals surface area contributed by atoms with Crippen LogP contribution < -0.4 is 0 Å². The number of aromatic nitrogens is 2. The zero-order valence-electron chi connectivity index (χ0n) is 11.4. The van der Waals surface area contributed by atoms with Gasteiger partial charge in [-0.3, -0.25) is 4.68 Å². The first-order chi connectivity index (χ1) is 8.95.